The quantitative estimate of drug-likeness (QED) is 0.430. The van der Waals surface area contributed by atoms with E-state index in [4.69, 9.17) is 13.9 Å². The summed E-state index contributed by atoms with van der Waals surface area (Å²) in [6.07, 6.45) is 0.938. The molecule has 5 heterocycles. The summed E-state index contributed by atoms with van der Waals surface area (Å²) in [6.45, 7) is 4.41. The van der Waals surface area contributed by atoms with Crippen LogP contribution in [0.15, 0.2) is 62.3 Å². The van der Waals surface area contributed by atoms with Gasteiger partial charge in [0.1, 0.15) is 11.5 Å². The summed E-state index contributed by atoms with van der Waals surface area (Å²) in [7, 11) is 0. The monoisotopic (exact) mass is 469 g/mol. The molecular weight excluding hydrogens is 446 g/mol. The highest BCUT2D eigenvalue weighted by Gasteiger charge is 2.28. The molecule has 0 bridgehead atoms. The molecule has 4 aromatic heterocycles. The zero-order valence-corrected chi connectivity index (χ0v) is 19.4. The summed E-state index contributed by atoms with van der Waals surface area (Å²) in [5.41, 5.74) is 5.20. The third kappa shape index (κ3) is 3.65. The van der Waals surface area contributed by atoms with E-state index in [2.05, 4.69) is 10.3 Å². The molecule has 6 rings (SSSR count). The first-order chi connectivity index (χ1) is 17.0. The molecule has 0 aliphatic carbocycles. The SMILES string of the molecule is Cc1noc(C)c1Cc1ccc(C(=O)N2CCc3c(nc4cc(-c5ccccc5)[nH]n4c3=O)C2)o1. The normalized spacial score (nSPS) is 13.4. The molecule has 35 heavy (non-hydrogen) atoms. The van der Waals surface area contributed by atoms with Crippen LogP contribution in [0.3, 0.4) is 0 Å². The van der Waals surface area contributed by atoms with Crippen LogP contribution in [0.5, 0.6) is 0 Å². The maximum atomic E-state index is 13.2. The lowest BCUT2D eigenvalue weighted by Crippen LogP contribution is -2.39. The van der Waals surface area contributed by atoms with Gasteiger partial charge in [-0.2, -0.15) is 0 Å². The van der Waals surface area contributed by atoms with Gasteiger partial charge in [-0.15, -0.1) is 0 Å². The molecule has 9 nitrogen and oxygen atoms in total. The fourth-order valence-corrected chi connectivity index (χ4v) is 4.60. The van der Waals surface area contributed by atoms with Gasteiger partial charge in [0.05, 0.1) is 23.6 Å². The summed E-state index contributed by atoms with van der Waals surface area (Å²) < 4.78 is 12.6. The van der Waals surface area contributed by atoms with Crippen LogP contribution in [0.4, 0.5) is 0 Å². The average Bonchev–Trinajstić information content (AvgIpc) is 3.60. The van der Waals surface area contributed by atoms with Crippen LogP contribution in [0.1, 0.15) is 44.6 Å². The lowest BCUT2D eigenvalue weighted by molar-refractivity contribution is 0.0697. The number of aromatic amines is 1. The van der Waals surface area contributed by atoms with Crippen LogP contribution < -0.4 is 5.56 Å². The largest absolute Gasteiger partial charge is 0.456 e. The number of hydrogen-bond donors (Lipinski definition) is 1. The molecule has 0 radical (unpaired) electrons. The van der Waals surface area contributed by atoms with Crippen LogP contribution in [-0.2, 0) is 19.4 Å². The molecule has 1 aliphatic heterocycles. The highest BCUT2D eigenvalue weighted by atomic mass is 16.5. The van der Waals surface area contributed by atoms with Crippen LogP contribution in [0, 0.1) is 13.8 Å². The highest BCUT2D eigenvalue weighted by molar-refractivity contribution is 5.91. The number of H-pyrrole nitrogens is 1. The second-order valence-electron chi connectivity index (χ2n) is 8.79. The fourth-order valence-electron chi connectivity index (χ4n) is 4.60. The number of amides is 1. The zero-order valence-electron chi connectivity index (χ0n) is 19.4. The number of fused-ring (bicyclic) bond motifs is 2. The van der Waals surface area contributed by atoms with Gasteiger partial charge in [0.25, 0.3) is 11.5 Å². The molecular formula is C26H23N5O4. The van der Waals surface area contributed by atoms with Gasteiger partial charge >= 0.3 is 0 Å². The number of nitrogens with zero attached hydrogens (tertiary/aromatic N) is 4. The van der Waals surface area contributed by atoms with Gasteiger partial charge in [-0.1, -0.05) is 35.5 Å². The van der Waals surface area contributed by atoms with Crippen molar-refractivity contribution in [3.05, 3.63) is 98.7 Å². The van der Waals surface area contributed by atoms with Gasteiger partial charge in [0, 0.05) is 30.2 Å². The van der Waals surface area contributed by atoms with Crippen molar-refractivity contribution in [2.75, 3.05) is 6.54 Å². The topological polar surface area (TPSA) is 110 Å². The number of rotatable bonds is 4. The second-order valence-corrected chi connectivity index (χ2v) is 8.79. The zero-order chi connectivity index (χ0) is 24.1. The van der Waals surface area contributed by atoms with Gasteiger partial charge in [-0.05, 0) is 38.0 Å². The standard InChI is InChI=1S/C26H23N5O4/c1-15-20(16(2)35-29-15)12-18-8-9-23(34-18)26(33)30-11-10-19-22(14-30)27-24-13-21(28-31(24)25(19)32)17-6-4-3-5-7-17/h3-9,13,28H,10-12,14H2,1-2H3. The minimum atomic E-state index is -0.221. The average molecular weight is 470 g/mol. The van der Waals surface area contributed by atoms with Gasteiger partial charge in [0.2, 0.25) is 0 Å². The van der Waals surface area contributed by atoms with E-state index in [1.165, 1.54) is 4.52 Å². The van der Waals surface area contributed by atoms with Crippen molar-refractivity contribution in [3.8, 4) is 11.3 Å². The van der Waals surface area contributed by atoms with E-state index in [9.17, 15) is 9.59 Å². The maximum absolute atomic E-state index is 13.2. The smallest absolute Gasteiger partial charge is 0.289 e. The lowest BCUT2D eigenvalue weighted by atomic mass is 10.1. The van der Waals surface area contributed by atoms with Crippen molar-refractivity contribution in [3.63, 3.8) is 0 Å². The van der Waals surface area contributed by atoms with Crippen LogP contribution in [0.2, 0.25) is 0 Å². The molecule has 0 saturated heterocycles. The summed E-state index contributed by atoms with van der Waals surface area (Å²) in [5, 5.41) is 7.12. The lowest BCUT2D eigenvalue weighted by Gasteiger charge is -2.26. The summed E-state index contributed by atoms with van der Waals surface area (Å²) in [4.78, 5) is 32.7. The molecule has 0 spiro atoms. The van der Waals surface area contributed by atoms with Gasteiger partial charge in [-0.3, -0.25) is 14.7 Å². The number of benzene rings is 1. The number of carbonyl (C=O) groups is 1. The number of furan rings is 1. The molecule has 0 atom stereocenters. The Morgan fingerprint density at radius 1 is 1.14 bits per heavy atom. The summed E-state index contributed by atoms with van der Waals surface area (Å²) in [6, 6.07) is 15.1. The summed E-state index contributed by atoms with van der Waals surface area (Å²) in [5.74, 6) is 1.45. The van der Waals surface area contributed by atoms with E-state index < -0.39 is 0 Å². The molecule has 0 fully saturated rings. The Balaban J connectivity index is 1.25. The Morgan fingerprint density at radius 2 is 1.97 bits per heavy atom. The van der Waals surface area contributed by atoms with Crippen LogP contribution in [0.25, 0.3) is 16.9 Å². The minimum Gasteiger partial charge on any atom is -0.456 e. The van der Waals surface area contributed by atoms with Crippen molar-refractivity contribution < 1.29 is 13.7 Å². The second kappa shape index (κ2) is 8.12. The molecule has 0 unspecified atom stereocenters. The number of hydrogen-bond acceptors (Lipinski definition) is 6. The first kappa shape index (κ1) is 21.2. The van der Waals surface area contributed by atoms with Crippen molar-refractivity contribution in [1.82, 2.24) is 24.7 Å². The highest BCUT2D eigenvalue weighted by Crippen LogP contribution is 2.23. The van der Waals surface area contributed by atoms with E-state index in [-0.39, 0.29) is 23.8 Å². The molecule has 1 aliphatic rings. The minimum absolute atomic E-state index is 0.126. The van der Waals surface area contributed by atoms with E-state index in [1.807, 2.05) is 50.2 Å². The van der Waals surface area contributed by atoms with Crippen molar-refractivity contribution in [1.29, 1.82) is 0 Å². The van der Waals surface area contributed by atoms with E-state index in [1.54, 1.807) is 17.0 Å². The molecule has 9 heteroatoms. The fraction of sp³-hybridized carbons (Fsp3) is 0.231. The molecule has 1 amide bonds. The first-order valence-corrected chi connectivity index (χ1v) is 11.5. The predicted molar refractivity (Wildman–Crippen MR) is 127 cm³/mol. The van der Waals surface area contributed by atoms with E-state index in [0.29, 0.717) is 42.1 Å². The van der Waals surface area contributed by atoms with Crippen molar-refractivity contribution in [2.45, 2.75) is 33.2 Å². The molecule has 5 aromatic rings. The van der Waals surface area contributed by atoms with Gasteiger partial charge in [-0.25, -0.2) is 9.50 Å². The van der Waals surface area contributed by atoms with E-state index in [0.717, 1.165) is 28.3 Å². The molecule has 1 aromatic carbocycles. The van der Waals surface area contributed by atoms with Gasteiger partial charge < -0.3 is 13.8 Å². The summed E-state index contributed by atoms with van der Waals surface area (Å²) >= 11 is 0. The Hall–Kier alpha value is -4.40. The number of aryl methyl sites for hydroxylation is 2. The number of carbonyl (C=O) groups excluding carboxylic acids is 1. The third-order valence-electron chi connectivity index (χ3n) is 6.54. The maximum Gasteiger partial charge on any atom is 0.289 e. The predicted octanol–water partition coefficient (Wildman–Crippen LogP) is 3.68. The Bertz CT molecular complexity index is 1600. The first-order valence-electron chi connectivity index (χ1n) is 11.5. The Kier molecular flexibility index (Phi) is 4.91. The van der Waals surface area contributed by atoms with Crippen molar-refractivity contribution >= 4 is 11.6 Å². The molecule has 0 saturated carbocycles. The number of aromatic nitrogens is 4. The third-order valence-corrected chi connectivity index (χ3v) is 6.54. The Morgan fingerprint density at radius 3 is 2.74 bits per heavy atom. The van der Waals surface area contributed by atoms with Crippen LogP contribution >= 0.6 is 0 Å². The Labute approximate surface area is 200 Å². The molecule has 1 N–H and O–H groups in total. The van der Waals surface area contributed by atoms with Gasteiger partial charge in [0.15, 0.2) is 11.4 Å². The number of nitrogens with one attached hydrogen (secondary N) is 1. The molecule has 176 valence electrons. The van der Waals surface area contributed by atoms with Crippen molar-refractivity contribution in [2.24, 2.45) is 0 Å². The van der Waals surface area contributed by atoms with Crippen LogP contribution in [-0.4, -0.2) is 37.1 Å². The van der Waals surface area contributed by atoms with E-state index >= 15 is 0 Å².